The molecule has 2 N–H and O–H groups in total. The predicted molar refractivity (Wildman–Crippen MR) is 86.8 cm³/mol. The summed E-state index contributed by atoms with van der Waals surface area (Å²) in [5.74, 6) is -0.119. The van der Waals surface area contributed by atoms with Gasteiger partial charge in [-0.25, -0.2) is 4.68 Å². The second-order valence-electron chi connectivity index (χ2n) is 4.39. The van der Waals surface area contributed by atoms with Gasteiger partial charge in [0.1, 0.15) is 0 Å². The van der Waals surface area contributed by atoms with Gasteiger partial charge in [0.05, 0.1) is 23.1 Å². The van der Waals surface area contributed by atoms with Crippen molar-refractivity contribution in [1.29, 1.82) is 0 Å². The average molecular weight is 329 g/mol. The quantitative estimate of drug-likeness (QED) is 0.827. The monoisotopic (exact) mass is 328 g/mol. The molecule has 0 fully saturated rings. The normalized spacial score (nSPS) is 10.0. The summed E-state index contributed by atoms with van der Waals surface area (Å²) in [6.07, 6.45) is 1.57. The zero-order valence-corrected chi connectivity index (χ0v) is 13.5. The summed E-state index contributed by atoms with van der Waals surface area (Å²) < 4.78 is 1.71. The lowest BCUT2D eigenvalue weighted by Gasteiger charge is -2.06. The van der Waals surface area contributed by atoms with E-state index in [2.05, 4.69) is 15.7 Å². The first-order chi connectivity index (χ1) is 9.63. The molecule has 0 unspecified atom stereocenters. The summed E-state index contributed by atoms with van der Waals surface area (Å²) in [5, 5.41) is 10.7. The Kier molecular flexibility index (Phi) is 6.68. The Balaban J connectivity index is 0.00000220. The van der Waals surface area contributed by atoms with E-state index in [9.17, 15) is 4.79 Å². The number of hydrogen-bond acceptors (Lipinski definition) is 3. The molecule has 0 aliphatic carbocycles. The molecule has 0 atom stereocenters. The number of likely N-dealkylation sites (N-methyl/N-ethyl adjacent to an activating group) is 1. The molecule has 21 heavy (non-hydrogen) atoms. The van der Waals surface area contributed by atoms with Crippen molar-refractivity contribution in [2.75, 3.05) is 20.1 Å². The Morgan fingerprint density at radius 2 is 2.14 bits per heavy atom. The minimum absolute atomic E-state index is 0. The van der Waals surface area contributed by atoms with Crippen LogP contribution in [-0.4, -0.2) is 35.8 Å². The molecule has 0 radical (unpaired) electrons. The van der Waals surface area contributed by atoms with Crippen molar-refractivity contribution in [3.63, 3.8) is 0 Å². The van der Waals surface area contributed by atoms with E-state index in [0.717, 1.165) is 17.9 Å². The van der Waals surface area contributed by atoms with Gasteiger partial charge in [-0.05, 0) is 32.2 Å². The first-order valence-corrected chi connectivity index (χ1v) is 6.74. The second-order valence-corrected chi connectivity index (χ2v) is 4.83. The minimum Gasteiger partial charge on any atom is -0.351 e. The number of carbonyl (C=O) groups is 1. The molecule has 7 heteroatoms. The van der Waals surface area contributed by atoms with Crippen LogP contribution in [0.25, 0.3) is 5.69 Å². The van der Waals surface area contributed by atoms with Crippen LogP contribution in [0.5, 0.6) is 0 Å². The van der Waals surface area contributed by atoms with Gasteiger partial charge < -0.3 is 10.6 Å². The van der Waals surface area contributed by atoms with Crippen molar-refractivity contribution in [1.82, 2.24) is 20.4 Å². The molecule has 0 saturated carbocycles. The van der Waals surface area contributed by atoms with Crippen molar-refractivity contribution >= 4 is 29.9 Å². The van der Waals surface area contributed by atoms with Crippen molar-refractivity contribution in [2.45, 2.75) is 6.92 Å². The molecule has 0 bridgehead atoms. The van der Waals surface area contributed by atoms with Crippen molar-refractivity contribution in [3.8, 4) is 5.69 Å². The summed E-state index contributed by atoms with van der Waals surface area (Å²) in [6.45, 7) is 3.17. The fourth-order valence-corrected chi connectivity index (χ4v) is 2.08. The van der Waals surface area contributed by atoms with E-state index in [1.807, 2.05) is 32.2 Å². The molecule has 0 saturated heterocycles. The van der Waals surface area contributed by atoms with Gasteiger partial charge in [0, 0.05) is 18.1 Å². The molecule has 2 rings (SSSR count). The van der Waals surface area contributed by atoms with Gasteiger partial charge in [0.25, 0.3) is 5.91 Å². The Hall–Kier alpha value is -1.56. The molecule has 0 aliphatic heterocycles. The molecule has 0 aliphatic rings. The number of benzene rings is 1. The van der Waals surface area contributed by atoms with Crippen LogP contribution < -0.4 is 10.6 Å². The van der Waals surface area contributed by atoms with E-state index in [4.69, 9.17) is 11.6 Å². The highest BCUT2D eigenvalue weighted by molar-refractivity contribution is 6.30. The highest BCUT2D eigenvalue weighted by atomic mass is 35.5. The number of nitrogens with zero attached hydrogens (tertiary/aromatic N) is 2. The molecule has 1 amide bonds. The van der Waals surface area contributed by atoms with E-state index >= 15 is 0 Å². The highest BCUT2D eigenvalue weighted by Crippen LogP contribution is 2.17. The third-order valence-electron chi connectivity index (χ3n) is 2.97. The number of aromatic nitrogens is 2. The topological polar surface area (TPSA) is 58.9 Å². The van der Waals surface area contributed by atoms with Crippen LogP contribution in [0.1, 0.15) is 16.1 Å². The average Bonchev–Trinajstić information content (AvgIpc) is 2.81. The maximum absolute atomic E-state index is 12.0. The van der Waals surface area contributed by atoms with E-state index in [1.54, 1.807) is 16.9 Å². The molecule has 1 aromatic carbocycles. The maximum Gasteiger partial charge on any atom is 0.254 e. The van der Waals surface area contributed by atoms with E-state index in [-0.39, 0.29) is 18.3 Å². The van der Waals surface area contributed by atoms with Crippen LogP contribution in [-0.2, 0) is 0 Å². The van der Waals surface area contributed by atoms with Gasteiger partial charge in [0.15, 0.2) is 0 Å². The molecule has 114 valence electrons. The summed E-state index contributed by atoms with van der Waals surface area (Å²) in [7, 11) is 1.84. The fourth-order valence-electron chi connectivity index (χ4n) is 1.90. The standard InChI is InChI=1S/C14H17ClN4O.ClH/c1-10-13(14(20)17-7-6-16-2)9-18-19(10)12-5-3-4-11(15)8-12;/h3-5,8-9,16H,6-7H2,1-2H3,(H,17,20);1H. The Morgan fingerprint density at radius 1 is 1.38 bits per heavy atom. The largest absolute Gasteiger partial charge is 0.351 e. The van der Waals surface area contributed by atoms with Crippen LogP contribution in [0.2, 0.25) is 5.02 Å². The van der Waals surface area contributed by atoms with Gasteiger partial charge in [0.2, 0.25) is 0 Å². The smallest absolute Gasteiger partial charge is 0.254 e. The molecular weight excluding hydrogens is 311 g/mol. The molecular formula is C14H18Cl2N4O. The predicted octanol–water partition coefficient (Wildman–Crippen LogP) is 2.21. The van der Waals surface area contributed by atoms with Crippen LogP contribution in [0.3, 0.4) is 0 Å². The third kappa shape index (κ3) is 4.20. The fraction of sp³-hybridized carbons (Fsp3) is 0.286. The van der Waals surface area contributed by atoms with Gasteiger partial charge in [-0.3, -0.25) is 4.79 Å². The molecule has 5 nitrogen and oxygen atoms in total. The van der Waals surface area contributed by atoms with Crippen molar-refractivity contribution in [3.05, 3.63) is 46.7 Å². The lowest BCUT2D eigenvalue weighted by Crippen LogP contribution is -2.30. The van der Waals surface area contributed by atoms with Crippen LogP contribution >= 0.6 is 24.0 Å². The van der Waals surface area contributed by atoms with Gasteiger partial charge in [-0.2, -0.15) is 5.10 Å². The summed E-state index contributed by atoms with van der Waals surface area (Å²) >= 11 is 5.97. The Morgan fingerprint density at radius 3 is 2.81 bits per heavy atom. The van der Waals surface area contributed by atoms with Crippen molar-refractivity contribution in [2.24, 2.45) is 0 Å². The third-order valence-corrected chi connectivity index (χ3v) is 3.20. The zero-order chi connectivity index (χ0) is 14.5. The number of hydrogen-bond donors (Lipinski definition) is 2. The highest BCUT2D eigenvalue weighted by Gasteiger charge is 2.14. The van der Waals surface area contributed by atoms with E-state index < -0.39 is 0 Å². The summed E-state index contributed by atoms with van der Waals surface area (Å²) in [4.78, 5) is 12.0. The number of nitrogens with one attached hydrogen (secondary N) is 2. The number of amides is 1. The molecule has 2 aromatic rings. The van der Waals surface area contributed by atoms with E-state index in [0.29, 0.717) is 17.1 Å². The molecule has 0 spiro atoms. The van der Waals surface area contributed by atoms with Crippen LogP contribution in [0.15, 0.2) is 30.5 Å². The van der Waals surface area contributed by atoms with E-state index in [1.165, 1.54) is 0 Å². The number of carbonyl (C=O) groups excluding carboxylic acids is 1. The minimum atomic E-state index is -0.119. The lowest BCUT2D eigenvalue weighted by atomic mass is 10.2. The van der Waals surface area contributed by atoms with Gasteiger partial charge in [-0.15, -0.1) is 12.4 Å². The molecule has 1 heterocycles. The zero-order valence-electron chi connectivity index (χ0n) is 11.9. The van der Waals surface area contributed by atoms with Gasteiger partial charge in [-0.1, -0.05) is 17.7 Å². The second kappa shape index (κ2) is 8.02. The molecule has 1 aromatic heterocycles. The van der Waals surface area contributed by atoms with Gasteiger partial charge >= 0.3 is 0 Å². The summed E-state index contributed by atoms with van der Waals surface area (Å²) in [5.41, 5.74) is 2.19. The lowest BCUT2D eigenvalue weighted by molar-refractivity contribution is 0.0953. The number of rotatable bonds is 5. The Labute approximate surface area is 135 Å². The first kappa shape index (κ1) is 17.5. The number of halogens is 2. The Bertz CT molecular complexity index is 613. The SMILES string of the molecule is CNCCNC(=O)c1cnn(-c2cccc(Cl)c2)c1C.Cl. The van der Waals surface area contributed by atoms with Crippen molar-refractivity contribution < 1.29 is 4.79 Å². The van der Waals surface area contributed by atoms with Crippen LogP contribution in [0, 0.1) is 6.92 Å². The van der Waals surface area contributed by atoms with Crippen LogP contribution in [0.4, 0.5) is 0 Å². The first-order valence-electron chi connectivity index (χ1n) is 6.37. The maximum atomic E-state index is 12.0. The summed E-state index contributed by atoms with van der Waals surface area (Å²) in [6, 6.07) is 7.36.